The zero-order valence-corrected chi connectivity index (χ0v) is 19.8. The maximum Gasteiger partial charge on any atom is 0.241 e. The van der Waals surface area contributed by atoms with Crippen LogP contribution in [0.1, 0.15) is 62.1 Å². The van der Waals surface area contributed by atoms with Gasteiger partial charge in [-0.15, -0.1) is 0 Å². The fraction of sp³-hybridized carbons (Fsp3) is 0.667. The van der Waals surface area contributed by atoms with E-state index in [1.165, 1.54) is 16.7 Å². The number of nitrogens with one attached hydrogen (secondary N) is 1. The fourth-order valence-corrected chi connectivity index (χ4v) is 5.36. The predicted octanol–water partition coefficient (Wildman–Crippen LogP) is 3.87. The molecule has 1 N–H and O–H groups in total. The van der Waals surface area contributed by atoms with Crippen molar-refractivity contribution in [3.05, 3.63) is 34.9 Å². The lowest BCUT2D eigenvalue weighted by atomic mass is 9.94. The van der Waals surface area contributed by atoms with Crippen LogP contribution in [0.4, 0.5) is 0 Å². The van der Waals surface area contributed by atoms with Crippen molar-refractivity contribution < 1.29 is 9.59 Å². The molecule has 2 aliphatic heterocycles. The summed E-state index contributed by atoms with van der Waals surface area (Å²) in [6, 6.07) is 6.43. The van der Waals surface area contributed by atoms with E-state index in [-0.39, 0.29) is 23.5 Å². The summed E-state index contributed by atoms with van der Waals surface area (Å²) in [5.41, 5.74) is 3.32. The van der Waals surface area contributed by atoms with Crippen LogP contribution in [-0.4, -0.2) is 58.4 Å². The zero-order valence-electron chi connectivity index (χ0n) is 19.0. The number of aryl methyl sites for hydroxylation is 2. The molecule has 166 valence electrons. The highest BCUT2D eigenvalue weighted by Crippen LogP contribution is 2.35. The standard InChI is InChI=1S/C24H37N3O2S/c1-5-6-7-22(28)26-11-9-24(10-12-26)25-21(8-13-30-4)23(29)27(24)17-20-15-18(2)14-19(3)16-20/h14-16,21,25H,5-13,17H2,1-4H3. The molecule has 0 aliphatic carbocycles. The molecule has 6 heteroatoms. The van der Waals surface area contributed by atoms with Crippen molar-refractivity contribution in [1.82, 2.24) is 15.1 Å². The van der Waals surface area contributed by atoms with Crippen LogP contribution in [0.25, 0.3) is 0 Å². The van der Waals surface area contributed by atoms with Gasteiger partial charge in [0.05, 0.1) is 11.7 Å². The Bertz CT molecular complexity index is 739. The van der Waals surface area contributed by atoms with E-state index in [4.69, 9.17) is 0 Å². The predicted molar refractivity (Wildman–Crippen MR) is 124 cm³/mol. The number of hydrogen-bond acceptors (Lipinski definition) is 4. The highest BCUT2D eigenvalue weighted by atomic mass is 32.2. The smallest absolute Gasteiger partial charge is 0.241 e. The summed E-state index contributed by atoms with van der Waals surface area (Å²) in [5.74, 6) is 1.45. The van der Waals surface area contributed by atoms with Crippen LogP contribution in [-0.2, 0) is 16.1 Å². The van der Waals surface area contributed by atoms with Gasteiger partial charge in [-0.25, -0.2) is 0 Å². The van der Waals surface area contributed by atoms with Gasteiger partial charge in [-0.2, -0.15) is 11.8 Å². The maximum atomic E-state index is 13.4. The number of hydrogen-bond donors (Lipinski definition) is 1. The number of carbonyl (C=O) groups is 2. The molecular formula is C24H37N3O2S. The van der Waals surface area contributed by atoms with Crippen molar-refractivity contribution in [2.75, 3.05) is 25.1 Å². The molecule has 2 saturated heterocycles. The number of piperidine rings is 1. The number of amides is 2. The Labute approximate surface area is 186 Å². The Hall–Kier alpha value is -1.53. The minimum Gasteiger partial charge on any atom is -0.342 e. The lowest BCUT2D eigenvalue weighted by Gasteiger charge is -2.45. The summed E-state index contributed by atoms with van der Waals surface area (Å²) in [6.07, 6.45) is 7.17. The van der Waals surface area contributed by atoms with Crippen LogP contribution in [0.2, 0.25) is 0 Å². The molecule has 2 fully saturated rings. The molecule has 2 amide bonds. The van der Waals surface area contributed by atoms with E-state index >= 15 is 0 Å². The summed E-state index contributed by atoms with van der Waals surface area (Å²) >= 11 is 1.78. The summed E-state index contributed by atoms with van der Waals surface area (Å²) in [5, 5.41) is 3.72. The van der Waals surface area contributed by atoms with Crippen molar-refractivity contribution in [3.8, 4) is 0 Å². The van der Waals surface area contributed by atoms with Crippen molar-refractivity contribution in [2.24, 2.45) is 0 Å². The number of likely N-dealkylation sites (tertiary alicyclic amines) is 1. The zero-order chi connectivity index (χ0) is 21.7. The van der Waals surface area contributed by atoms with E-state index < -0.39 is 0 Å². The van der Waals surface area contributed by atoms with Gasteiger partial charge in [0.15, 0.2) is 0 Å². The average Bonchev–Trinajstić information content (AvgIpc) is 2.95. The van der Waals surface area contributed by atoms with Crippen LogP contribution < -0.4 is 5.32 Å². The molecule has 0 saturated carbocycles. The lowest BCUT2D eigenvalue weighted by Crippen LogP contribution is -2.59. The first-order valence-electron chi connectivity index (χ1n) is 11.3. The van der Waals surface area contributed by atoms with E-state index in [0.29, 0.717) is 13.0 Å². The Kier molecular flexibility index (Phi) is 7.86. The number of benzene rings is 1. The molecule has 0 radical (unpaired) electrons. The fourth-order valence-electron chi connectivity index (χ4n) is 4.89. The summed E-state index contributed by atoms with van der Waals surface area (Å²) in [4.78, 5) is 30.0. The van der Waals surface area contributed by atoms with Gasteiger partial charge in [-0.3, -0.25) is 14.9 Å². The Morgan fingerprint density at radius 3 is 2.47 bits per heavy atom. The first-order valence-corrected chi connectivity index (χ1v) is 12.7. The summed E-state index contributed by atoms with van der Waals surface area (Å²) < 4.78 is 0. The van der Waals surface area contributed by atoms with Gasteiger partial charge < -0.3 is 9.80 Å². The van der Waals surface area contributed by atoms with Crippen molar-refractivity contribution in [1.29, 1.82) is 0 Å². The molecule has 1 unspecified atom stereocenters. The van der Waals surface area contributed by atoms with Crippen LogP contribution in [0, 0.1) is 13.8 Å². The van der Waals surface area contributed by atoms with Gasteiger partial charge in [-0.1, -0.05) is 42.7 Å². The Morgan fingerprint density at radius 2 is 1.87 bits per heavy atom. The molecule has 3 rings (SSSR count). The van der Waals surface area contributed by atoms with Gasteiger partial charge in [-0.05, 0) is 44.3 Å². The first-order chi connectivity index (χ1) is 14.4. The molecule has 1 atom stereocenters. The van der Waals surface area contributed by atoms with Crippen molar-refractivity contribution >= 4 is 23.6 Å². The minimum absolute atomic E-state index is 0.120. The van der Waals surface area contributed by atoms with Gasteiger partial charge in [0.2, 0.25) is 11.8 Å². The maximum absolute atomic E-state index is 13.4. The Morgan fingerprint density at radius 1 is 1.20 bits per heavy atom. The molecule has 2 heterocycles. The van der Waals surface area contributed by atoms with E-state index in [9.17, 15) is 9.59 Å². The third-order valence-corrected chi connectivity index (χ3v) is 7.09. The van der Waals surface area contributed by atoms with E-state index in [2.05, 4.69) is 55.4 Å². The number of rotatable bonds is 8. The average molecular weight is 432 g/mol. The molecule has 2 aliphatic rings. The number of unbranched alkanes of at least 4 members (excludes halogenated alkanes) is 1. The third-order valence-electron chi connectivity index (χ3n) is 6.44. The summed E-state index contributed by atoms with van der Waals surface area (Å²) in [6.45, 7) is 8.42. The molecule has 0 aromatic heterocycles. The van der Waals surface area contributed by atoms with Crippen molar-refractivity contribution in [2.45, 2.75) is 77.5 Å². The second kappa shape index (κ2) is 10.2. The highest BCUT2D eigenvalue weighted by Gasteiger charge is 2.51. The number of nitrogens with zero attached hydrogens (tertiary/aromatic N) is 2. The molecular weight excluding hydrogens is 394 g/mol. The molecule has 1 aromatic carbocycles. The van der Waals surface area contributed by atoms with E-state index in [1.54, 1.807) is 11.8 Å². The highest BCUT2D eigenvalue weighted by molar-refractivity contribution is 7.98. The van der Waals surface area contributed by atoms with Crippen LogP contribution in [0.5, 0.6) is 0 Å². The molecule has 30 heavy (non-hydrogen) atoms. The minimum atomic E-state index is -0.334. The first kappa shape index (κ1) is 23.1. The van der Waals surface area contributed by atoms with E-state index in [1.807, 2.05) is 4.90 Å². The van der Waals surface area contributed by atoms with E-state index in [0.717, 1.165) is 50.9 Å². The Balaban J connectivity index is 1.77. The second-order valence-corrected chi connectivity index (χ2v) is 9.90. The molecule has 0 bridgehead atoms. The monoisotopic (exact) mass is 431 g/mol. The number of thioether (sulfide) groups is 1. The molecule has 1 aromatic rings. The number of carbonyl (C=O) groups excluding carboxylic acids is 2. The second-order valence-electron chi connectivity index (χ2n) is 8.91. The molecule has 1 spiro atoms. The van der Waals surface area contributed by atoms with Gasteiger partial charge in [0.1, 0.15) is 0 Å². The lowest BCUT2D eigenvalue weighted by molar-refractivity contribution is -0.137. The normalized spacial score (nSPS) is 20.9. The van der Waals surface area contributed by atoms with Gasteiger partial charge in [0, 0.05) is 38.9 Å². The summed E-state index contributed by atoms with van der Waals surface area (Å²) in [7, 11) is 0. The van der Waals surface area contributed by atoms with Gasteiger partial charge >= 0.3 is 0 Å². The van der Waals surface area contributed by atoms with Crippen molar-refractivity contribution in [3.63, 3.8) is 0 Å². The molecule has 5 nitrogen and oxygen atoms in total. The SMILES string of the molecule is CCCCC(=O)N1CCC2(CC1)NC(CCSC)C(=O)N2Cc1cc(C)cc(C)c1. The van der Waals surface area contributed by atoms with Gasteiger partial charge in [0.25, 0.3) is 0 Å². The van der Waals surface area contributed by atoms with Crippen LogP contribution in [0.3, 0.4) is 0 Å². The van der Waals surface area contributed by atoms with Crippen LogP contribution in [0.15, 0.2) is 18.2 Å². The quantitative estimate of drug-likeness (QED) is 0.679. The topological polar surface area (TPSA) is 52.7 Å². The van der Waals surface area contributed by atoms with Crippen LogP contribution >= 0.6 is 11.8 Å². The third kappa shape index (κ3) is 5.20. The largest absolute Gasteiger partial charge is 0.342 e.